The third-order valence-electron chi connectivity index (χ3n) is 4.24. The summed E-state index contributed by atoms with van der Waals surface area (Å²) in [6.07, 6.45) is 0. The predicted molar refractivity (Wildman–Crippen MR) is 95.9 cm³/mol. The molecule has 0 amide bonds. The molecular formula is C19H10BrFN2O3. The number of ether oxygens (including phenoxy) is 1. The molecule has 0 saturated heterocycles. The highest BCUT2D eigenvalue weighted by atomic mass is 79.9. The Bertz CT molecular complexity index is 1190. The number of para-hydroxylation sites is 1. The van der Waals surface area contributed by atoms with Crippen LogP contribution < -0.4 is 15.9 Å². The summed E-state index contributed by atoms with van der Waals surface area (Å²) in [5, 5.41) is 9.92. The maximum atomic E-state index is 13.7. The van der Waals surface area contributed by atoms with Crippen LogP contribution in [0.1, 0.15) is 17.0 Å². The van der Waals surface area contributed by atoms with Gasteiger partial charge in [0.1, 0.15) is 23.0 Å². The molecule has 3 aromatic rings. The molecule has 0 saturated carbocycles. The van der Waals surface area contributed by atoms with Crippen LogP contribution in [-0.2, 0) is 0 Å². The molecule has 5 nitrogen and oxygen atoms in total. The van der Waals surface area contributed by atoms with Gasteiger partial charge in [-0.1, -0.05) is 18.2 Å². The number of halogens is 2. The van der Waals surface area contributed by atoms with Crippen molar-refractivity contribution in [3.05, 3.63) is 85.6 Å². The van der Waals surface area contributed by atoms with Crippen LogP contribution in [0.3, 0.4) is 0 Å². The number of hydrogen-bond acceptors (Lipinski definition) is 5. The first-order valence-corrected chi connectivity index (χ1v) is 8.39. The summed E-state index contributed by atoms with van der Waals surface area (Å²) in [6, 6.07) is 13.0. The molecule has 0 bridgehead atoms. The van der Waals surface area contributed by atoms with Crippen molar-refractivity contribution in [2.75, 3.05) is 0 Å². The number of benzene rings is 2. The van der Waals surface area contributed by atoms with Crippen molar-refractivity contribution in [3.63, 3.8) is 0 Å². The van der Waals surface area contributed by atoms with Gasteiger partial charge in [0.2, 0.25) is 11.3 Å². The Morgan fingerprint density at radius 1 is 1.23 bits per heavy atom. The highest BCUT2D eigenvalue weighted by Crippen LogP contribution is 2.42. The lowest BCUT2D eigenvalue weighted by atomic mass is 9.84. The van der Waals surface area contributed by atoms with E-state index in [1.807, 2.05) is 6.07 Å². The Kier molecular flexibility index (Phi) is 3.78. The van der Waals surface area contributed by atoms with Gasteiger partial charge in [-0.25, -0.2) is 4.39 Å². The van der Waals surface area contributed by atoms with Gasteiger partial charge in [-0.3, -0.25) is 4.79 Å². The first-order chi connectivity index (χ1) is 12.5. The van der Waals surface area contributed by atoms with Crippen molar-refractivity contribution in [2.24, 2.45) is 5.73 Å². The normalized spacial score (nSPS) is 16.1. The zero-order chi connectivity index (χ0) is 18.4. The molecule has 7 heteroatoms. The average Bonchev–Trinajstić information content (AvgIpc) is 2.63. The largest absolute Gasteiger partial charge is 0.425 e. The molecule has 2 aromatic carbocycles. The van der Waals surface area contributed by atoms with Gasteiger partial charge in [0.15, 0.2) is 0 Å². The molecule has 1 atom stereocenters. The zero-order valence-electron chi connectivity index (χ0n) is 13.1. The van der Waals surface area contributed by atoms with E-state index in [2.05, 4.69) is 15.9 Å². The van der Waals surface area contributed by atoms with Crippen LogP contribution in [0, 0.1) is 17.1 Å². The first kappa shape index (κ1) is 16.4. The second-order valence-corrected chi connectivity index (χ2v) is 6.58. The van der Waals surface area contributed by atoms with Gasteiger partial charge in [-0.05, 0) is 45.8 Å². The first-order valence-electron chi connectivity index (χ1n) is 7.59. The topological polar surface area (TPSA) is 89.2 Å². The fourth-order valence-corrected chi connectivity index (χ4v) is 3.44. The molecule has 1 aliphatic heterocycles. The van der Waals surface area contributed by atoms with Crippen molar-refractivity contribution in [3.8, 4) is 12.0 Å². The van der Waals surface area contributed by atoms with E-state index in [1.165, 1.54) is 18.2 Å². The van der Waals surface area contributed by atoms with Gasteiger partial charge < -0.3 is 14.9 Å². The summed E-state index contributed by atoms with van der Waals surface area (Å²) in [6.45, 7) is 0. The Morgan fingerprint density at radius 3 is 2.73 bits per heavy atom. The van der Waals surface area contributed by atoms with Crippen LogP contribution in [0.2, 0.25) is 0 Å². The quantitative estimate of drug-likeness (QED) is 0.654. The molecule has 2 heterocycles. The second-order valence-electron chi connectivity index (χ2n) is 5.73. The molecule has 4 rings (SSSR count). The number of rotatable bonds is 1. The summed E-state index contributed by atoms with van der Waals surface area (Å²) < 4.78 is 25.0. The molecule has 128 valence electrons. The number of nitrogens with two attached hydrogens (primary N) is 1. The van der Waals surface area contributed by atoms with Gasteiger partial charge in [-0.2, -0.15) is 5.26 Å². The monoisotopic (exact) mass is 412 g/mol. The Morgan fingerprint density at radius 2 is 2.00 bits per heavy atom. The summed E-state index contributed by atoms with van der Waals surface area (Å²) in [4.78, 5) is 13.1. The highest BCUT2D eigenvalue weighted by molar-refractivity contribution is 9.10. The van der Waals surface area contributed by atoms with Crippen LogP contribution in [0.15, 0.2) is 67.6 Å². The molecule has 2 N–H and O–H groups in total. The standard InChI is InChI=1S/C19H10BrFN2O3/c20-12-7-9(5-6-13(12)21)15-11(8-22)18(23)26-19-16(15)17(24)10-3-1-2-4-14(10)25-19/h1-7,15H,23H2. The number of allylic oxidation sites excluding steroid dienone is 1. The van der Waals surface area contributed by atoms with E-state index in [1.54, 1.807) is 24.3 Å². The molecule has 0 aliphatic carbocycles. The van der Waals surface area contributed by atoms with Crippen molar-refractivity contribution in [2.45, 2.75) is 5.92 Å². The Hall–Kier alpha value is -3.11. The molecule has 26 heavy (non-hydrogen) atoms. The van der Waals surface area contributed by atoms with Crippen LogP contribution in [0.25, 0.3) is 11.0 Å². The minimum atomic E-state index is -0.818. The molecule has 0 radical (unpaired) electrons. The molecular weight excluding hydrogens is 403 g/mol. The van der Waals surface area contributed by atoms with E-state index in [-0.39, 0.29) is 32.9 Å². The van der Waals surface area contributed by atoms with Crippen LogP contribution in [0.4, 0.5) is 4.39 Å². The molecule has 1 aliphatic rings. The highest BCUT2D eigenvalue weighted by Gasteiger charge is 2.35. The minimum Gasteiger partial charge on any atom is -0.425 e. The third-order valence-corrected chi connectivity index (χ3v) is 4.85. The van der Waals surface area contributed by atoms with E-state index in [4.69, 9.17) is 14.9 Å². The number of hydrogen-bond donors (Lipinski definition) is 1. The smallest absolute Gasteiger partial charge is 0.300 e. The van der Waals surface area contributed by atoms with Crippen molar-refractivity contribution >= 4 is 26.9 Å². The van der Waals surface area contributed by atoms with Gasteiger partial charge >= 0.3 is 0 Å². The SMILES string of the molecule is N#CC1=C(N)Oc2oc3ccccc3c(=O)c2C1c1ccc(F)c(Br)c1. The van der Waals surface area contributed by atoms with E-state index in [0.29, 0.717) is 16.5 Å². The van der Waals surface area contributed by atoms with Crippen LogP contribution >= 0.6 is 15.9 Å². The molecule has 0 fully saturated rings. The van der Waals surface area contributed by atoms with Crippen molar-refractivity contribution in [1.29, 1.82) is 5.26 Å². The summed E-state index contributed by atoms with van der Waals surface area (Å²) in [5.41, 5.74) is 6.65. The average molecular weight is 413 g/mol. The molecule has 0 spiro atoms. The summed E-state index contributed by atoms with van der Waals surface area (Å²) >= 11 is 3.13. The Labute approximate surface area is 155 Å². The molecule has 1 unspecified atom stereocenters. The number of nitrogens with zero attached hydrogens (tertiary/aromatic N) is 1. The maximum absolute atomic E-state index is 13.7. The fraction of sp³-hybridized carbons (Fsp3) is 0.0526. The van der Waals surface area contributed by atoms with E-state index in [0.717, 1.165) is 0 Å². The van der Waals surface area contributed by atoms with Gasteiger partial charge in [-0.15, -0.1) is 0 Å². The van der Waals surface area contributed by atoms with Crippen LogP contribution in [-0.4, -0.2) is 0 Å². The lowest BCUT2D eigenvalue weighted by Gasteiger charge is -2.24. The fourth-order valence-electron chi connectivity index (χ4n) is 3.05. The van der Waals surface area contributed by atoms with Crippen molar-refractivity contribution < 1.29 is 13.5 Å². The van der Waals surface area contributed by atoms with E-state index < -0.39 is 11.7 Å². The predicted octanol–water partition coefficient (Wildman–Crippen LogP) is 3.91. The van der Waals surface area contributed by atoms with Gasteiger partial charge in [0, 0.05) is 0 Å². The summed E-state index contributed by atoms with van der Waals surface area (Å²) in [5.74, 6) is -1.48. The lowest BCUT2D eigenvalue weighted by Crippen LogP contribution is -2.26. The van der Waals surface area contributed by atoms with E-state index in [9.17, 15) is 14.4 Å². The Balaban J connectivity index is 2.07. The maximum Gasteiger partial charge on any atom is 0.300 e. The minimum absolute atomic E-state index is 0.0596. The number of nitriles is 1. The van der Waals surface area contributed by atoms with Gasteiger partial charge in [0.05, 0.1) is 21.3 Å². The third kappa shape index (κ3) is 2.38. The number of fused-ring (bicyclic) bond motifs is 2. The zero-order valence-corrected chi connectivity index (χ0v) is 14.7. The van der Waals surface area contributed by atoms with Crippen LogP contribution in [0.5, 0.6) is 5.95 Å². The lowest BCUT2D eigenvalue weighted by molar-refractivity contribution is 0.296. The second kappa shape index (κ2) is 6.00. The summed E-state index contributed by atoms with van der Waals surface area (Å²) in [7, 11) is 0. The van der Waals surface area contributed by atoms with E-state index >= 15 is 0 Å². The molecule has 1 aromatic heterocycles. The van der Waals surface area contributed by atoms with Crippen molar-refractivity contribution in [1.82, 2.24) is 0 Å². The van der Waals surface area contributed by atoms with Gasteiger partial charge in [0.25, 0.3) is 5.95 Å².